The summed E-state index contributed by atoms with van der Waals surface area (Å²) in [5.74, 6) is -3.63. The van der Waals surface area contributed by atoms with Gasteiger partial charge in [-0.2, -0.15) is 0 Å². The van der Waals surface area contributed by atoms with Crippen molar-refractivity contribution in [1.82, 2.24) is 0 Å². The lowest BCUT2D eigenvalue weighted by atomic mass is 9.86. The van der Waals surface area contributed by atoms with E-state index in [0.717, 1.165) is 24.6 Å². The van der Waals surface area contributed by atoms with Gasteiger partial charge in [0.2, 0.25) is 0 Å². The Morgan fingerprint density at radius 3 is 2.04 bits per heavy atom. The van der Waals surface area contributed by atoms with Gasteiger partial charge < -0.3 is 24.7 Å². The molecule has 0 aliphatic heterocycles. The van der Waals surface area contributed by atoms with Crippen LogP contribution < -0.4 is 0 Å². The summed E-state index contributed by atoms with van der Waals surface area (Å²) < 4.78 is 30.0. The highest BCUT2D eigenvalue weighted by Gasteiger charge is 2.46. The number of hydrogen-bond acceptors (Lipinski definition) is 7. The van der Waals surface area contributed by atoms with Crippen molar-refractivity contribution in [3.05, 3.63) is 0 Å². The summed E-state index contributed by atoms with van der Waals surface area (Å²) in [5.41, 5.74) is 0. The average molecular weight is 394 g/mol. The van der Waals surface area contributed by atoms with Crippen molar-refractivity contribution in [2.24, 2.45) is 5.92 Å². The van der Waals surface area contributed by atoms with Crippen LogP contribution >= 0.6 is 27.4 Å². The molecule has 5 N–H and O–H groups in total. The molecule has 1 rings (SSSR count). The first kappa shape index (κ1) is 21.2. The molecule has 0 aromatic heterocycles. The van der Waals surface area contributed by atoms with E-state index in [1.807, 2.05) is 0 Å². The van der Waals surface area contributed by atoms with E-state index in [0.29, 0.717) is 12.8 Å². The standard InChI is InChI=1S/C10H20O10P2S/c1-7(11)23-9-5-3-2-4-8(9)6-10(12,19-21(13,14)15)20-22(16,17)18/h8-9,12H,2-6H2,1H3,(H2,13,14,15)(H2,16,17,18). The van der Waals surface area contributed by atoms with E-state index in [2.05, 4.69) is 9.05 Å². The van der Waals surface area contributed by atoms with E-state index in [-0.39, 0.29) is 10.4 Å². The second-order valence-corrected chi connectivity index (χ2v) is 9.02. The van der Waals surface area contributed by atoms with E-state index in [1.165, 1.54) is 6.92 Å². The van der Waals surface area contributed by atoms with Crippen molar-refractivity contribution < 1.29 is 47.7 Å². The van der Waals surface area contributed by atoms with Gasteiger partial charge in [-0.05, 0) is 18.8 Å². The average Bonchev–Trinajstić information content (AvgIpc) is 2.25. The smallest absolute Gasteiger partial charge is 0.343 e. The van der Waals surface area contributed by atoms with Crippen LogP contribution in [0, 0.1) is 5.92 Å². The molecule has 13 heteroatoms. The third kappa shape index (κ3) is 8.74. The van der Waals surface area contributed by atoms with E-state index in [4.69, 9.17) is 19.6 Å². The minimum Gasteiger partial charge on any atom is -0.343 e. The minimum absolute atomic E-state index is 0.169. The fraction of sp³-hybridized carbons (Fsp3) is 0.900. The summed E-state index contributed by atoms with van der Waals surface area (Å²) in [5, 5.41) is 9.62. The predicted molar refractivity (Wildman–Crippen MR) is 79.8 cm³/mol. The van der Waals surface area contributed by atoms with Gasteiger partial charge in [0.15, 0.2) is 5.12 Å². The third-order valence-electron chi connectivity index (χ3n) is 3.20. The molecule has 0 bridgehead atoms. The molecule has 2 unspecified atom stereocenters. The summed E-state index contributed by atoms with van der Waals surface area (Å²) in [6, 6.07) is 0. The zero-order valence-electron chi connectivity index (χ0n) is 12.3. The second-order valence-electron chi connectivity index (χ2n) is 5.27. The van der Waals surface area contributed by atoms with Crippen molar-refractivity contribution >= 4 is 32.5 Å². The largest absolute Gasteiger partial charge is 0.473 e. The first-order valence-corrected chi connectivity index (χ1v) is 10.7. The quantitative estimate of drug-likeness (QED) is 0.309. The molecule has 0 amide bonds. The van der Waals surface area contributed by atoms with Crippen LogP contribution in [-0.4, -0.2) is 41.0 Å². The molecular formula is C10H20O10P2S. The number of phosphoric acid groups is 2. The first-order chi connectivity index (χ1) is 10.3. The summed E-state index contributed by atoms with van der Waals surface area (Å²) >= 11 is 1.01. The number of rotatable bonds is 7. The maximum atomic E-state index is 11.3. The topological polar surface area (TPSA) is 171 Å². The number of aliphatic hydroxyl groups is 1. The molecule has 0 heterocycles. The molecule has 136 valence electrons. The second kappa shape index (κ2) is 8.05. The van der Waals surface area contributed by atoms with Gasteiger partial charge in [0, 0.05) is 18.6 Å². The van der Waals surface area contributed by atoms with Gasteiger partial charge in [0.25, 0.3) is 5.97 Å². The number of hydrogen-bond donors (Lipinski definition) is 5. The molecule has 1 aliphatic rings. The highest BCUT2D eigenvalue weighted by atomic mass is 32.2. The van der Waals surface area contributed by atoms with Gasteiger partial charge in [-0.15, -0.1) is 0 Å². The Bertz CT molecular complexity index is 490. The zero-order valence-corrected chi connectivity index (χ0v) is 14.9. The Labute approximate surface area is 137 Å². The fourth-order valence-electron chi connectivity index (χ4n) is 2.57. The summed E-state index contributed by atoms with van der Waals surface area (Å²) in [6.07, 6.45) is 2.09. The van der Waals surface area contributed by atoms with E-state index >= 15 is 0 Å². The van der Waals surface area contributed by atoms with Gasteiger partial charge in [-0.1, -0.05) is 24.6 Å². The molecular weight excluding hydrogens is 374 g/mol. The van der Waals surface area contributed by atoms with E-state index in [1.54, 1.807) is 0 Å². The van der Waals surface area contributed by atoms with Crippen LogP contribution in [0.25, 0.3) is 0 Å². The van der Waals surface area contributed by atoms with Gasteiger partial charge in [0.1, 0.15) is 0 Å². The van der Waals surface area contributed by atoms with Crippen LogP contribution in [0.4, 0.5) is 0 Å². The lowest BCUT2D eigenvalue weighted by molar-refractivity contribution is -0.295. The third-order valence-corrected chi connectivity index (χ3v) is 5.50. The van der Waals surface area contributed by atoms with Crippen LogP contribution in [0.2, 0.25) is 0 Å². The molecule has 0 aromatic carbocycles. The minimum atomic E-state index is -5.28. The van der Waals surface area contributed by atoms with Gasteiger partial charge in [0.05, 0.1) is 0 Å². The Hall–Kier alpha value is 0.200. The van der Waals surface area contributed by atoms with Crippen molar-refractivity contribution in [3.8, 4) is 0 Å². The Morgan fingerprint density at radius 2 is 1.61 bits per heavy atom. The number of thioether (sulfide) groups is 1. The monoisotopic (exact) mass is 394 g/mol. The van der Waals surface area contributed by atoms with Gasteiger partial charge in [-0.3, -0.25) is 4.79 Å². The van der Waals surface area contributed by atoms with Crippen LogP contribution in [0.15, 0.2) is 0 Å². The molecule has 0 radical (unpaired) electrons. The Morgan fingerprint density at radius 1 is 1.13 bits per heavy atom. The first-order valence-electron chi connectivity index (χ1n) is 6.72. The molecule has 1 fully saturated rings. The lowest BCUT2D eigenvalue weighted by Crippen LogP contribution is -2.39. The van der Waals surface area contributed by atoms with Crippen LogP contribution in [-0.2, 0) is 23.0 Å². The van der Waals surface area contributed by atoms with Crippen molar-refractivity contribution in [3.63, 3.8) is 0 Å². The molecule has 0 aromatic rings. The Kier molecular flexibility index (Phi) is 7.44. The number of carbonyl (C=O) groups is 1. The summed E-state index contributed by atoms with van der Waals surface area (Å²) in [4.78, 5) is 46.6. The molecule has 2 atom stereocenters. The molecule has 10 nitrogen and oxygen atoms in total. The zero-order chi connectivity index (χ0) is 17.9. The maximum Gasteiger partial charge on any atom is 0.473 e. The van der Waals surface area contributed by atoms with Crippen LogP contribution in [0.1, 0.15) is 39.0 Å². The molecule has 0 spiro atoms. The van der Waals surface area contributed by atoms with E-state index in [9.17, 15) is 19.0 Å². The van der Waals surface area contributed by atoms with Crippen molar-refractivity contribution in [2.75, 3.05) is 0 Å². The van der Waals surface area contributed by atoms with Crippen molar-refractivity contribution in [1.29, 1.82) is 0 Å². The van der Waals surface area contributed by atoms with E-state index < -0.39 is 34.0 Å². The lowest BCUT2D eigenvalue weighted by Gasteiger charge is -2.36. The maximum absolute atomic E-state index is 11.3. The summed E-state index contributed by atoms with van der Waals surface area (Å²) in [6.45, 7) is 1.36. The molecule has 23 heavy (non-hydrogen) atoms. The predicted octanol–water partition coefficient (Wildman–Crippen LogP) is 1.08. The highest BCUT2D eigenvalue weighted by Crippen LogP contribution is 2.51. The normalized spacial score (nSPS) is 23.7. The van der Waals surface area contributed by atoms with Crippen LogP contribution in [0.5, 0.6) is 0 Å². The summed E-state index contributed by atoms with van der Waals surface area (Å²) in [7, 11) is -10.6. The van der Waals surface area contributed by atoms with Crippen molar-refractivity contribution in [2.45, 2.75) is 50.3 Å². The Balaban J connectivity index is 2.95. The molecule has 0 saturated heterocycles. The molecule has 1 saturated carbocycles. The fourth-order valence-corrected chi connectivity index (χ4v) is 4.73. The molecule has 1 aliphatic carbocycles. The van der Waals surface area contributed by atoms with Crippen LogP contribution in [0.3, 0.4) is 0 Å². The van der Waals surface area contributed by atoms with Gasteiger partial charge in [-0.25, -0.2) is 18.2 Å². The number of carbonyl (C=O) groups excluding carboxylic acids is 1. The highest BCUT2D eigenvalue weighted by molar-refractivity contribution is 8.14. The number of phosphoric ester groups is 2. The SMILES string of the molecule is CC(=O)SC1CCCCC1CC(O)(OP(=O)(O)O)OP(=O)(O)O. The van der Waals surface area contributed by atoms with Gasteiger partial charge >= 0.3 is 15.6 Å².